The van der Waals surface area contributed by atoms with Crippen LogP contribution in [0.15, 0.2) is 16.6 Å². The van der Waals surface area contributed by atoms with Gasteiger partial charge in [-0.25, -0.2) is 4.39 Å². The first-order chi connectivity index (χ1) is 6.38. The van der Waals surface area contributed by atoms with E-state index in [9.17, 15) is 9.50 Å². The van der Waals surface area contributed by atoms with Crippen molar-refractivity contribution in [1.82, 2.24) is 0 Å². The van der Waals surface area contributed by atoms with E-state index in [2.05, 4.69) is 15.9 Å². The lowest BCUT2D eigenvalue weighted by atomic mass is 9.85. The predicted octanol–water partition coefficient (Wildman–Crippen LogP) is 3.17. The first kappa shape index (κ1) is 11.7. The first-order valence-corrected chi connectivity index (χ1v) is 5.25. The molecule has 1 N–H and O–H groups in total. The molecule has 1 nitrogen and oxygen atoms in total. The molecule has 3 heteroatoms. The Morgan fingerprint density at radius 1 is 1.43 bits per heavy atom. The maximum atomic E-state index is 13.4. The summed E-state index contributed by atoms with van der Waals surface area (Å²) in [5, 5.41) is 9.21. The molecule has 0 fully saturated rings. The van der Waals surface area contributed by atoms with Crippen LogP contribution >= 0.6 is 15.9 Å². The average molecular weight is 261 g/mol. The molecule has 0 aliphatic heterocycles. The zero-order chi connectivity index (χ0) is 10.9. The summed E-state index contributed by atoms with van der Waals surface area (Å²) in [6, 6.07) is 3.37. The molecule has 14 heavy (non-hydrogen) atoms. The van der Waals surface area contributed by atoms with Crippen LogP contribution in [0.5, 0.6) is 0 Å². The third-order valence-corrected chi connectivity index (χ3v) is 3.10. The highest BCUT2D eigenvalue weighted by molar-refractivity contribution is 9.10. The van der Waals surface area contributed by atoms with Crippen molar-refractivity contribution in [3.8, 4) is 0 Å². The van der Waals surface area contributed by atoms with Gasteiger partial charge in [0, 0.05) is 5.41 Å². The quantitative estimate of drug-likeness (QED) is 0.866. The molecule has 0 saturated carbocycles. The number of benzene rings is 1. The standard InChI is InChI=1S/C11H14BrFO/c1-7-4-8(11(2,3)6-14)10(12)9(13)5-7/h4-5,14H,6H2,1-3H3. The largest absolute Gasteiger partial charge is 0.395 e. The fraction of sp³-hybridized carbons (Fsp3) is 0.455. The number of hydrogen-bond donors (Lipinski definition) is 1. The Hall–Kier alpha value is -0.410. The number of rotatable bonds is 2. The zero-order valence-electron chi connectivity index (χ0n) is 8.56. The number of aryl methyl sites for hydroxylation is 1. The predicted molar refractivity (Wildman–Crippen MR) is 58.9 cm³/mol. The van der Waals surface area contributed by atoms with E-state index in [1.165, 1.54) is 6.07 Å². The summed E-state index contributed by atoms with van der Waals surface area (Å²) in [7, 11) is 0. The Morgan fingerprint density at radius 3 is 2.50 bits per heavy atom. The molecule has 1 aromatic carbocycles. The van der Waals surface area contributed by atoms with Gasteiger partial charge in [0.1, 0.15) is 5.82 Å². The van der Waals surface area contributed by atoms with Gasteiger partial charge in [0.05, 0.1) is 11.1 Å². The van der Waals surface area contributed by atoms with Crippen LogP contribution in [0.25, 0.3) is 0 Å². The van der Waals surface area contributed by atoms with Gasteiger partial charge >= 0.3 is 0 Å². The van der Waals surface area contributed by atoms with Crippen LogP contribution in [-0.4, -0.2) is 11.7 Å². The van der Waals surface area contributed by atoms with Crippen LogP contribution in [0.1, 0.15) is 25.0 Å². The molecule has 0 atom stereocenters. The molecule has 0 saturated heterocycles. The van der Waals surface area contributed by atoms with Gasteiger partial charge in [-0.3, -0.25) is 0 Å². The van der Waals surface area contributed by atoms with E-state index in [4.69, 9.17) is 0 Å². The summed E-state index contributed by atoms with van der Waals surface area (Å²) in [4.78, 5) is 0. The maximum absolute atomic E-state index is 13.4. The molecule has 0 radical (unpaired) electrons. The van der Waals surface area contributed by atoms with Gasteiger partial charge in [-0.15, -0.1) is 0 Å². The third-order valence-electron chi connectivity index (χ3n) is 2.30. The first-order valence-electron chi connectivity index (χ1n) is 4.45. The SMILES string of the molecule is Cc1cc(F)c(Br)c(C(C)(C)CO)c1. The summed E-state index contributed by atoms with van der Waals surface area (Å²) >= 11 is 3.20. The molecule has 0 bridgehead atoms. The van der Waals surface area contributed by atoms with Gasteiger partial charge in [-0.1, -0.05) is 19.9 Å². The summed E-state index contributed by atoms with van der Waals surface area (Å²) in [5.41, 5.74) is 1.24. The Morgan fingerprint density at radius 2 is 2.00 bits per heavy atom. The van der Waals surface area contributed by atoms with Crippen molar-refractivity contribution < 1.29 is 9.50 Å². The fourth-order valence-corrected chi connectivity index (χ4v) is 2.07. The van der Waals surface area contributed by atoms with Crippen molar-refractivity contribution >= 4 is 15.9 Å². The maximum Gasteiger partial charge on any atom is 0.137 e. The molecular weight excluding hydrogens is 247 g/mol. The molecule has 0 unspecified atom stereocenters. The highest BCUT2D eigenvalue weighted by Gasteiger charge is 2.24. The van der Waals surface area contributed by atoms with Gasteiger partial charge < -0.3 is 5.11 Å². The lowest BCUT2D eigenvalue weighted by molar-refractivity contribution is 0.217. The van der Waals surface area contributed by atoms with Crippen LogP contribution in [0.4, 0.5) is 4.39 Å². The molecule has 1 rings (SSSR count). The van der Waals surface area contributed by atoms with E-state index >= 15 is 0 Å². The molecule has 1 aromatic rings. The zero-order valence-corrected chi connectivity index (χ0v) is 10.2. The highest BCUT2D eigenvalue weighted by Crippen LogP contribution is 2.32. The topological polar surface area (TPSA) is 20.2 Å². The highest BCUT2D eigenvalue weighted by atomic mass is 79.9. The molecule has 0 heterocycles. The molecule has 78 valence electrons. The number of aliphatic hydroxyl groups is 1. The van der Waals surface area contributed by atoms with Crippen LogP contribution in [0.3, 0.4) is 0 Å². The van der Waals surface area contributed by atoms with Gasteiger partial charge in [0.2, 0.25) is 0 Å². The number of halogens is 2. The Kier molecular flexibility index (Phi) is 3.32. The van der Waals surface area contributed by atoms with Crippen LogP contribution in [0.2, 0.25) is 0 Å². The van der Waals surface area contributed by atoms with E-state index in [0.29, 0.717) is 4.47 Å². The molecular formula is C11H14BrFO. The minimum absolute atomic E-state index is 0.00546. The van der Waals surface area contributed by atoms with Crippen LogP contribution < -0.4 is 0 Å². The summed E-state index contributed by atoms with van der Waals surface area (Å²) in [6.07, 6.45) is 0. The smallest absolute Gasteiger partial charge is 0.137 e. The minimum Gasteiger partial charge on any atom is -0.395 e. The molecule has 0 aliphatic carbocycles. The summed E-state index contributed by atoms with van der Waals surface area (Å²) < 4.78 is 13.8. The average Bonchev–Trinajstić information content (AvgIpc) is 2.11. The lowest BCUT2D eigenvalue weighted by Gasteiger charge is -2.24. The van der Waals surface area contributed by atoms with E-state index in [1.807, 2.05) is 26.8 Å². The lowest BCUT2D eigenvalue weighted by Crippen LogP contribution is -2.23. The van der Waals surface area contributed by atoms with Gasteiger partial charge in [0.25, 0.3) is 0 Å². The molecule has 0 amide bonds. The van der Waals surface area contributed by atoms with Crippen molar-refractivity contribution in [2.45, 2.75) is 26.2 Å². The second-order valence-electron chi connectivity index (χ2n) is 4.15. The number of hydrogen-bond acceptors (Lipinski definition) is 1. The van der Waals surface area contributed by atoms with Crippen molar-refractivity contribution in [3.63, 3.8) is 0 Å². The van der Waals surface area contributed by atoms with Crippen molar-refractivity contribution in [2.75, 3.05) is 6.61 Å². The third kappa shape index (κ3) is 2.15. The minimum atomic E-state index is -0.425. The van der Waals surface area contributed by atoms with Crippen LogP contribution in [-0.2, 0) is 5.41 Å². The van der Waals surface area contributed by atoms with Gasteiger partial charge in [0.15, 0.2) is 0 Å². The van der Waals surface area contributed by atoms with Crippen molar-refractivity contribution in [2.24, 2.45) is 0 Å². The van der Waals surface area contributed by atoms with E-state index in [-0.39, 0.29) is 12.4 Å². The van der Waals surface area contributed by atoms with Crippen LogP contribution in [0, 0.1) is 12.7 Å². The monoisotopic (exact) mass is 260 g/mol. The van der Waals surface area contributed by atoms with E-state index in [0.717, 1.165) is 11.1 Å². The normalized spacial score (nSPS) is 11.9. The Bertz CT molecular complexity index is 347. The summed E-state index contributed by atoms with van der Waals surface area (Å²) in [6.45, 7) is 5.60. The number of aliphatic hydroxyl groups excluding tert-OH is 1. The molecule has 0 aliphatic rings. The molecule has 0 aromatic heterocycles. The second kappa shape index (κ2) is 3.99. The van der Waals surface area contributed by atoms with E-state index < -0.39 is 5.41 Å². The second-order valence-corrected chi connectivity index (χ2v) is 4.94. The Balaban J connectivity index is 3.34. The Labute approximate surface area is 92.1 Å². The van der Waals surface area contributed by atoms with Gasteiger partial charge in [-0.2, -0.15) is 0 Å². The summed E-state index contributed by atoms with van der Waals surface area (Å²) in [5.74, 6) is -0.276. The fourth-order valence-electron chi connectivity index (χ4n) is 1.30. The van der Waals surface area contributed by atoms with Gasteiger partial charge in [-0.05, 0) is 40.0 Å². The van der Waals surface area contributed by atoms with Crippen molar-refractivity contribution in [3.05, 3.63) is 33.5 Å². The van der Waals surface area contributed by atoms with E-state index in [1.54, 1.807) is 0 Å². The van der Waals surface area contributed by atoms with Crippen molar-refractivity contribution in [1.29, 1.82) is 0 Å². The molecule has 0 spiro atoms.